The SMILES string of the molecule is Cc1ccc(C(N)=O)cc1NC(=O)C(=O)N[C@@H](CCCc1ccccc1)c1ccccc1. The molecule has 0 aliphatic carbocycles. The summed E-state index contributed by atoms with van der Waals surface area (Å²) in [5, 5.41) is 5.44. The summed E-state index contributed by atoms with van der Waals surface area (Å²) < 4.78 is 0. The maximum Gasteiger partial charge on any atom is 0.313 e. The highest BCUT2D eigenvalue weighted by Crippen LogP contribution is 2.21. The molecular formula is C26H27N3O3. The topological polar surface area (TPSA) is 101 Å². The van der Waals surface area contributed by atoms with Crippen LogP contribution in [0, 0.1) is 6.92 Å². The summed E-state index contributed by atoms with van der Waals surface area (Å²) in [5.74, 6) is -2.13. The predicted octanol–water partition coefficient (Wildman–Crippen LogP) is 3.91. The number of nitrogens with one attached hydrogen (secondary N) is 2. The molecule has 6 heteroatoms. The number of anilines is 1. The highest BCUT2D eigenvalue weighted by molar-refractivity contribution is 6.39. The zero-order valence-electron chi connectivity index (χ0n) is 18.0. The molecule has 0 bridgehead atoms. The van der Waals surface area contributed by atoms with Crippen molar-refractivity contribution in [2.24, 2.45) is 5.73 Å². The monoisotopic (exact) mass is 429 g/mol. The van der Waals surface area contributed by atoms with Crippen LogP contribution in [0.5, 0.6) is 0 Å². The van der Waals surface area contributed by atoms with E-state index in [-0.39, 0.29) is 11.6 Å². The van der Waals surface area contributed by atoms with Crippen molar-refractivity contribution in [1.82, 2.24) is 5.32 Å². The van der Waals surface area contributed by atoms with Crippen LogP contribution >= 0.6 is 0 Å². The molecule has 4 N–H and O–H groups in total. The third-order valence-corrected chi connectivity index (χ3v) is 5.28. The van der Waals surface area contributed by atoms with Crippen LogP contribution in [0.4, 0.5) is 5.69 Å². The number of hydrogen-bond donors (Lipinski definition) is 3. The van der Waals surface area contributed by atoms with Gasteiger partial charge in [0.25, 0.3) is 0 Å². The van der Waals surface area contributed by atoms with Gasteiger partial charge in [0, 0.05) is 11.3 Å². The Morgan fingerprint density at radius 3 is 2.19 bits per heavy atom. The van der Waals surface area contributed by atoms with E-state index in [1.54, 1.807) is 19.1 Å². The number of primary amides is 1. The quantitative estimate of drug-likeness (QED) is 0.473. The number of nitrogens with two attached hydrogens (primary N) is 1. The number of carbonyl (C=O) groups excluding carboxylic acids is 3. The lowest BCUT2D eigenvalue weighted by Gasteiger charge is -2.19. The minimum absolute atomic E-state index is 0.259. The highest BCUT2D eigenvalue weighted by Gasteiger charge is 2.21. The number of rotatable bonds is 8. The zero-order valence-corrected chi connectivity index (χ0v) is 18.0. The van der Waals surface area contributed by atoms with Crippen LogP contribution in [-0.4, -0.2) is 17.7 Å². The molecule has 1 atom stereocenters. The average Bonchev–Trinajstić information content (AvgIpc) is 2.80. The first-order valence-electron chi connectivity index (χ1n) is 10.5. The molecule has 0 spiro atoms. The van der Waals surface area contributed by atoms with E-state index in [9.17, 15) is 14.4 Å². The number of amides is 3. The fourth-order valence-electron chi connectivity index (χ4n) is 3.48. The lowest BCUT2D eigenvalue weighted by Crippen LogP contribution is -2.38. The third-order valence-electron chi connectivity index (χ3n) is 5.28. The molecule has 0 aliphatic rings. The van der Waals surface area contributed by atoms with E-state index < -0.39 is 17.7 Å². The molecular weight excluding hydrogens is 402 g/mol. The Hall–Kier alpha value is -3.93. The van der Waals surface area contributed by atoms with E-state index in [4.69, 9.17) is 5.73 Å². The van der Waals surface area contributed by atoms with Crippen molar-refractivity contribution < 1.29 is 14.4 Å². The first-order chi connectivity index (χ1) is 15.4. The van der Waals surface area contributed by atoms with E-state index in [0.717, 1.165) is 24.0 Å². The number of hydrogen-bond acceptors (Lipinski definition) is 3. The maximum absolute atomic E-state index is 12.7. The van der Waals surface area contributed by atoms with Gasteiger partial charge < -0.3 is 16.4 Å². The van der Waals surface area contributed by atoms with Gasteiger partial charge in [0.1, 0.15) is 0 Å². The normalized spacial score (nSPS) is 11.4. The minimum Gasteiger partial charge on any atom is -0.366 e. The van der Waals surface area contributed by atoms with Gasteiger partial charge in [-0.05, 0) is 55.0 Å². The first kappa shape index (κ1) is 22.7. The van der Waals surface area contributed by atoms with Gasteiger partial charge in [0.05, 0.1) is 6.04 Å². The molecule has 0 saturated carbocycles. The minimum atomic E-state index is -0.793. The van der Waals surface area contributed by atoms with Gasteiger partial charge in [-0.25, -0.2) is 0 Å². The van der Waals surface area contributed by atoms with Crippen molar-refractivity contribution in [3.63, 3.8) is 0 Å². The summed E-state index contributed by atoms with van der Waals surface area (Å²) in [7, 11) is 0. The van der Waals surface area contributed by atoms with Crippen LogP contribution in [0.25, 0.3) is 0 Å². The summed E-state index contributed by atoms with van der Waals surface area (Å²) in [4.78, 5) is 36.7. The van der Waals surface area contributed by atoms with Gasteiger partial charge in [0.2, 0.25) is 5.91 Å². The van der Waals surface area contributed by atoms with Gasteiger partial charge in [-0.15, -0.1) is 0 Å². The van der Waals surface area contributed by atoms with E-state index in [2.05, 4.69) is 22.8 Å². The molecule has 0 unspecified atom stereocenters. The zero-order chi connectivity index (χ0) is 22.9. The molecule has 32 heavy (non-hydrogen) atoms. The second-order valence-corrected chi connectivity index (χ2v) is 7.66. The molecule has 0 aromatic heterocycles. The van der Waals surface area contributed by atoms with Crippen molar-refractivity contribution in [3.8, 4) is 0 Å². The van der Waals surface area contributed by atoms with Crippen molar-refractivity contribution in [1.29, 1.82) is 0 Å². The van der Waals surface area contributed by atoms with Crippen molar-refractivity contribution >= 4 is 23.4 Å². The second-order valence-electron chi connectivity index (χ2n) is 7.66. The molecule has 0 heterocycles. The van der Waals surface area contributed by atoms with Crippen molar-refractivity contribution in [2.75, 3.05) is 5.32 Å². The van der Waals surface area contributed by atoms with E-state index in [0.29, 0.717) is 12.1 Å². The summed E-state index contributed by atoms with van der Waals surface area (Å²) >= 11 is 0. The largest absolute Gasteiger partial charge is 0.366 e. The van der Waals surface area contributed by atoms with Crippen LogP contribution in [0.1, 0.15) is 45.9 Å². The fourth-order valence-corrected chi connectivity index (χ4v) is 3.48. The first-order valence-corrected chi connectivity index (χ1v) is 10.5. The van der Waals surface area contributed by atoms with E-state index in [1.807, 2.05) is 48.5 Å². The second kappa shape index (κ2) is 10.9. The van der Waals surface area contributed by atoms with Gasteiger partial charge >= 0.3 is 11.8 Å². The lowest BCUT2D eigenvalue weighted by atomic mass is 9.99. The van der Waals surface area contributed by atoms with Crippen molar-refractivity contribution in [2.45, 2.75) is 32.2 Å². The molecule has 0 saturated heterocycles. The van der Waals surface area contributed by atoms with Gasteiger partial charge in [-0.2, -0.15) is 0 Å². The Kier molecular flexibility index (Phi) is 7.75. The Bertz CT molecular complexity index is 1080. The summed E-state index contributed by atoms with van der Waals surface area (Å²) in [6, 6.07) is 24.2. The van der Waals surface area contributed by atoms with E-state index >= 15 is 0 Å². The Labute approximate surface area is 187 Å². The highest BCUT2D eigenvalue weighted by atomic mass is 16.2. The molecule has 3 aromatic rings. The molecule has 0 fully saturated rings. The average molecular weight is 430 g/mol. The Morgan fingerprint density at radius 2 is 1.53 bits per heavy atom. The molecule has 3 amide bonds. The standard InChI is InChI=1S/C26H27N3O3/c1-18-15-16-21(24(27)30)17-23(18)29-26(32)25(31)28-22(20-12-6-3-7-13-20)14-8-11-19-9-4-2-5-10-19/h2-7,9-10,12-13,15-17,22H,8,11,14H2,1H3,(H2,27,30)(H,28,31)(H,29,32)/t22-/m0/s1. The molecule has 3 rings (SSSR count). The third kappa shape index (κ3) is 6.28. The van der Waals surface area contributed by atoms with Gasteiger partial charge in [0.15, 0.2) is 0 Å². The number of carbonyl (C=O) groups is 3. The van der Waals surface area contributed by atoms with Gasteiger partial charge in [-0.1, -0.05) is 66.7 Å². The Balaban J connectivity index is 1.67. The van der Waals surface area contributed by atoms with Crippen LogP contribution in [0.3, 0.4) is 0 Å². The lowest BCUT2D eigenvalue weighted by molar-refractivity contribution is -0.136. The number of aryl methyl sites for hydroxylation is 2. The fraction of sp³-hybridized carbons (Fsp3) is 0.192. The van der Waals surface area contributed by atoms with Crippen LogP contribution in [0.15, 0.2) is 78.9 Å². The molecule has 0 aliphatic heterocycles. The number of benzene rings is 3. The molecule has 3 aromatic carbocycles. The maximum atomic E-state index is 12.7. The van der Waals surface area contributed by atoms with Crippen LogP contribution in [0.2, 0.25) is 0 Å². The van der Waals surface area contributed by atoms with Crippen LogP contribution < -0.4 is 16.4 Å². The molecule has 6 nitrogen and oxygen atoms in total. The summed E-state index contributed by atoms with van der Waals surface area (Å²) in [6.07, 6.45) is 2.42. The summed E-state index contributed by atoms with van der Waals surface area (Å²) in [5.41, 5.74) is 8.84. The van der Waals surface area contributed by atoms with E-state index in [1.165, 1.54) is 11.6 Å². The smallest absolute Gasteiger partial charge is 0.313 e. The Morgan fingerprint density at radius 1 is 0.875 bits per heavy atom. The summed E-state index contributed by atoms with van der Waals surface area (Å²) in [6.45, 7) is 1.77. The van der Waals surface area contributed by atoms with Gasteiger partial charge in [-0.3, -0.25) is 14.4 Å². The predicted molar refractivity (Wildman–Crippen MR) is 125 cm³/mol. The molecule has 0 radical (unpaired) electrons. The van der Waals surface area contributed by atoms with Crippen LogP contribution in [-0.2, 0) is 16.0 Å². The van der Waals surface area contributed by atoms with Crippen molar-refractivity contribution in [3.05, 3.63) is 101 Å². The molecule has 164 valence electrons.